The summed E-state index contributed by atoms with van der Waals surface area (Å²) >= 11 is 0. The summed E-state index contributed by atoms with van der Waals surface area (Å²) in [7, 11) is 0. The van der Waals surface area contributed by atoms with Gasteiger partial charge in [0.1, 0.15) is 0 Å². The average Bonchev–Trinajstić information content (AvgIpc) is 2.28. The molecule has 0 heterocycles. The molecule has 0 fully saturated rings. The molecule has 0 spiro atoms. The van der Waals surface area contributed by atoms with Crippen LogP contribution in [0.25, 0.3) is 0 Å². The summed E-state index contributed by atoms with van der Waals surface area (Å²) in [4.78, 5) is 21.6. The van der Waals surface area contributed by atoms with Gasteiger partial charge in [0.2, 0.25) is 0 Å². The molecule has 2 atom stereocenters. The van der Waals surface area contributed by atoms with Crippen molar-refractivity contribution in [2.75, 3.05) is 6.54 Å². The maximum absolute atomic E-state index is 11.3. The van der Waals surface area contributed by atoms with Crippen LogP contribution in [0.1, 0.15) is 26.2 Å². The van der Waals surface area contributed by atoms with Crippen molar-refractivity contribution in [1.82, 2.24) is 10.6 Å². The molecule has 0 aromatic heterocycles. The van der Waals surface area contributed by atoms with Gasteiger partial charge in [-0.25, -0.2) is 9.59 Å². The molecule has 0 saturated heterocycles. The van der Waals surface area contributed by atoms with Gasteiger partial charge in [0, 0.05) is 25.4 Å². The molecule has 0 aromatic carbocycles. The topological polar surface area (TPSA) is 98.7 Å². The number of aliphatic hydroxyl groups excluding tert-OH is 1. The number of nitrogens with one attached hydrogen (secondary N) is 2. The van der Waals surface area contributed by atoms with Gasteiger partial charge in [0.25, 0.3) is 0 Å². The van der Waals surface area contributed by atoms with Crippen molar-refractivity contribution < 1.29 is 19.8 Å². The molecule has 4 N–H and O–H groups in total. The van der Waals surface area contributed by atoms with Crippen LogP contribution in [-0.2, 0) is 4.79 Å². The Morgan fingerprint density at radius 3 is 2.59 bits per heavy atom. The van der Waals surface area contributed by atoms with E-state index in [4.69, 9.17) is 16.6 Å². The molecule has 0 aliphatic rings. The summed E-state index contributed by atoms with van der Waals surface area (Å²) in [6.45, 7) is 1.99. The zero-order valence-electron chi connectivity index (χ0n) is 9.77. The zero-order chi connectivity index (χ0) is 13.3. The summed E-state index contributed by atoms with van der Waals surface area (Å²) in [5, 5.41) is 22.5. The first-order valence-corrected chi connectivity index (χ1v) is 5.40. The van der Waals surface area contributed by atoms with Crippen LogP contribution < -0.4 is 10.6 Å². The van der Waals surface area contributed by atoms with Gasteiger partial charge in [-0.05, 0) is 6.42 Å². The number of hydrogen-bond donors (Lipinski definition) is 4. The molecule has 0 aliphatic carbocycles. The number of carbonyl (C=O) groups excluding carboxylic acids is 1. The van der Waals surface area contributed by atoms with Gasteiger partial charge in [-0.1, -0.05) is 6.92 Å². The number of carboxylic acid groups (broad SMARTS) is 1. The van der Waals surface area contributed by atoms with E-state index < -0.39 is 18.1 Å². The molecule has 0 bridgehead atoms. The molecule has 0 rings (SSSR count). The highest BCUT2D eigenvalue weighted by molar-refractivity contribution is 5.74. The summed E-state index contributed by atoms with van der Waals surface area (Å²) in [6, 6.07) is -0.505. The lowest BCUT2D eigenvalue weighted by Gasteiger charge is -2.15. The van der Waals surface area contributed by atoms with Crippen LogP contribution >= 0.6 is 0 Å². The predicted octanol–water partition coefficient (Wildman–Crippen LogP) is -0.0769. The second-order valence-electron chi connectivity index (χ2n) is 3.56. The summed E-state index contributed by atoms with van der Waals surface area (Å²) in [5.41, 5.74) is 0. The SMILES string of the molecule is C#CCC(CC)NC(=O)NCC[C@H](O)C(=O)O. The molecule has 2 amide bonds. The number of aliphatic hydroxyl groups is 1. The van der Waals surface area contributed by atoms with Crippen molar-refractivity contribution in [3.8, 4) is 12.3 Å². The summed E-state index contributed by atoms with van der Waals surface area (Å²) < 4.78 is 0. The molecular weight excluding hydrogens is 224 g/mol. The van der Waals surface area contributed by atoms with Gasteiger partial charge >= 0.3 is 12.0 Å². The molecule has 6 heteroatoms. The Bertz CT molecular complexity index is 298. The first-order valence-electron chi connectivity index (χ1n) is 5.40. The normalized spacial score (nSPS) is 13.2. The fourth-order valence-electron chi connectivity index (χ4n) is 1.12. The Labute approximate surface area is 100 Å². The Kier molecular flexibility index (Phi) is 7.55. The first kappa shape index (κ1) is 15.3. The number of terminal acetylenes is 1. The summed E-state index contributed by atoms with van der Waals surface area (Å²) in [5.74, 6) is 1.15. The van der Waals surface area contributed by atoms with E-state index in [2.05, 4.69) is 16.6 Å². The lowest BCUT2D eigenvalue weighted by atomic mass is 10.1. The van der Waals surface area contributed by atoms with Crippen LogP contribution in [0.5, 0.6) is 0 Å². The molecule has 0 saturated carbocycles. The first-order chi connectivity index (χ1) is 8.01. The van der Waals surface area contributed by atoms with Crippen molar-refractivity contribution in [2.24, 2.45) is 0 Å². The maximum Gasteiger partial charge on any atom is 0.332 e. The zero-order valence-corrected chi connectivity index (χ0v) is 9.77. The number of carbonyl (C=O) groups is 2. The fourth-order valence-corrected chi connectivity index (χ4v) is 1.12. The van der Waals surface area contributed by atoms with Crippen molar-refractivity contribution >= 4 is 12.0 Å². The lowest BCUT2D eigenvalue weighted by Crippen LogP contribution is -2.42. The van der Waals surface area contributed by atoms with E-state index in [0.29, 0.717) is 6.42 Å². The third kappa shape index (κ3) is 7.19. The van der Waals surface area contributed by atoms with Gasteiger partial charge in [-0.15, -0.1) is 12.3 Å². The minimum Gasteiger partial charge on any atom is -0.479 e. The van der Waals surface area contributed by atoms with Gasteiger partial charge in [0.15, 0.2) is 6.10 Å². The standard InChI is InChI=1S/C11H18N2O4/c1-3-5-8(4-2)13-11(17)12-7-6-9(14)10(15)16/h1,8-9,14H,4-7H2,2H3,(H,15,16)(H2,12,13,17)/t8?,9-/m0/s1. The molecule has 17 heavy (non-hydrogen) atoms. The van der Waals surface area contributed by atoms with Crippen molar-refractivity contribution in [3.63, 3.8) is 0 Å². The second kappa shape index (κ2) is 8.42. The Hall–Kier alpha value is -1.74. The van der Waals surface area contributed by atoms with E-state index in [1.54, 1.807) is 0 Å². The number of hydrogen-bond acceptors (Lipinski definition) is 3. The second-order valence-corrected chi connectivity index (χ2v) is 3.56. The number of amides is 2. The lowest BCUT2D eigenvalue weighted by molar-refractivity contribution is -0.146. The van der Waals surface area contributed by atoms with E-state index in [1.807, 2.05) is 6.92 Å². The quantitative estimate of drug-likeness (QED) is 0.469. The molecule has 96 valence electrons. The molecule has 0 aromatic rings. The predicted molar refractivity (Wildman–Crippen MR) is 62.3 cm³/mol. The van der Waals surface area contributed by atoms with E-state index in [-0.39, 0.29) is 19.0 Å². The monoisotopic (exact) mass is 242 g/mol. The minimum atomic E-state index is -1.46. The Morgan fingerprint density at radius 2 is 2.12 bits per heavy atom. The molecular formula is C11H18N2O4. The van der Waals surface area contributed by atoms with Crippen LogP contribution in [0.4, 0.5) is 4.79 Å². The van der Waals surface area contributed by atoms with E-state index in [1.165, 1.54) is 0 Å². The van der Waals surface area contributed by atoms with Gasteiger partial charge in [-0.3, -0.25) is 0 Å². The van der Waals surface area contributed by atoms with Gasteiger partial charge in [-0.2, -0.15) is 0 Å². The van der Waals surface area contributed by atoms with Crippen molar-refractivity contribution in [3.05, 3.63) is 0 Å². The van der Waals surface area contributed by atoms with E-state index >= 15 is 0 Å². The number of aliphatic carboxylic acids is 1. The van der Waals surface area contributed by atoms with Crippen LogP contribution in [-0.4, -0.2) is 40.9 Å². The highest BCUT2D eigenvalue weighted by atomic mass is 16.4. The molecule has 1 unspecified atom stereocenters. The van der Waals surface area contributed by atoms with E-state index in [9.17, 15) is 9.59 Å². The van der Waals surface area contributed by atoms with Gasteiger partial charge in [0.05, 0.1) is 0 Å². The van der Waals surface area contributed by atoms with Crippen LogP contribution in [0.3, 0.4) is 0 Å². The highest BCUT2D eigenvalue weighted by Crippen LogP contribution is 1.95. The smallest absolute Gasteiger partial charge is 0.332 e. The largest absolute Gasteiger partial charge is 0.479 e. The Morgan fingerprint density at radius 1 is 1.47 bits per heavy atom. The summed E-state index contributed by atoms with van der Waals surface area (Å²) in [6.07, 6.45) is 4.81. The minimum absolute atomic E-state index is 0.0331. The highest BCUT2D eigenvalue weighted by Gasteiger charge is 2.13. The third-order valence-corrected chi connectivity index (χ3v) is 2.18. The Balaban J connectivity index is 3.80. The molecule has 0 radical (unpaired) electrons. The number of urea groups is 1. The van der Waals surface area contributed by atoms with Crippen LogP contribution in [0, 0.1) is 12.3 Å². The third-order valence-electron chi connectivity index (χ3n) is 2.18. The molecule has 6 nitrogen and oxygen atoms in total. The average molecular weight is 242 g/mol. The number of carboxylic acids is 1. The number of rotatable bonds is 7. The fraction of sp³-hybridized carbons (Fsp3) is 0.636. The van der Waals surface area contributed by atoms with Crippen molar-refractivity contribution in [1.29, 1.82) is 0 Å². The molecule has 0 aliphatic heterocycles. The maximum atomic E-state index is 11.3. The van der Waals surface area contributed by atoms with E-state index in [0.717, 1.165) is 6.42 Å². The van der Waals surface area contributed by atoms with Crippen LogP contribution in [0.15, 0.2) is 0 Å². The van der Waals surface area contributed by atoms with Crippen molar-refractivity contribution in [2.45, 2.75) is 38.3 Å². The van der Waals surface area contributed by atoms with Crippen LogP contribution in [0.2, 0.25) is 0 Å². The van der Waals surface area contributed by atoms with Gasteiger partial charge < -0.3 is 20.8 Å².